The zero-order chi connectivity index (χ0) is 19.1. The zero-order valence-electron chi connectivity index (χ0n) is 15.0. The molecule has 0 bridgehead atoms. The van der Waals surface area contributed by atoms with Gasteiger partial charge in [-0.3, -0.25) is 9.59 Å². The second-order valence-corrected chi connectivity index (χ2v) is 5.90. The Labute approximate surface area is 152 Å². The number of carbonyl (C=O) groups is 2. The molecule has 2 aromatic carbocycles. The van der Waals surface area contributed by atoms with Gasteiger partial charge in [0.25, 0.3) is 5.91 Å². The van der Waals surface area contributed by atoms with E-state index in [2.05, 4.69) is 10.6 Å². The van der Waals surface area contributed by atoms with Crippen molar-refractivity contribution in [1.82, 2.24) is 5.32 Å². The normalized spacial score (nSPS) is 11.2. The van der Waals surface area contributed by atoms with E-state index in [1.165, 1.54) is 0 Å². The molecule has 6 nitrogen and oxygen atoms in total. The van der Waals surface area contributed by atoms with Crippen LogP contribution < -0.4 is 15.4 Å². The lowest BCUT2D eigenvalue weighted by atomic mass is 10.1. The molecule has 6 heteroatoms. The molecule has 1 atom stereocenters. The van der Waals surface area contributed by atoms with Gasteiger partial charge in [0, 0.05) is 5.69 Å². The Morgan fingerprint density at radius 1 is 1.12 bits per heavy atom. The maximum Gasteiger partial charge on any atom is 0.261 e. The summed E-state index contributed by atoms with van der Waals surface area (Å²) < 4.78 is 5.52. The van der Waals surface area contributed by atoms with Gasteiger partial charge < -0.3 is 15.4 Å². The maximum absolute atomic E-state index is 12.1. The van der Waals surface area contributed by atoms with Crippen molar-refractivity contribution < 1.29 is 14.3 Å². The van der Waals surface area contributed by atoms with Gasteiger partial charge in [-0.2, -0.15) is 5.26 Å². The Kier molecular flexibility index (Phi) is 6.34. The number of hydrogen-bond donors (Lipinski definition) is 2. The largest absolute Gasteiger partial charge is 0.480 e. The predicted molar refractivity (Wildman–Crippen MR) is 98.8 cm³/mol. The van der Waals surface area contributed by atoms with Crippen LogP contribution in [0.5, 0.6) is 5.75 Å². The average Bonchev–Trinajstić information content (AvgIpc) is 2.63. The van der Waals surface area contributed by atoms with Gasteiger partial charge in [0.15, 0.2) is 6.10 Å². The summed E-state index contributed by atoms with van der Waals surface area (Å²) in [6, 6.07) is 14.4. The summed E-state index contributed by atoms with van der Waals surface area (Å²) in [5.74, 6) is -0.424. The molecule has 0 aliphatic heterocycles. The minimum atomic E-state index is -0.836. The first-order valence-electron chi connectivity index (χ1n) is 8.22. The van der Waals surface area contributed by atoms with Crippen LogP contribution in [0.3, 0.4) is 0 Å². The number of carbonyl (C=O) groups excluding carboxylic acids is 2. The highest BCUT2D eigenvalue weighted by Gasteiger charge is 2.17. The zero-order valence-corrected chi connectivity index (χ0v) is 15.0. The van der Waals surface area contributed by atoms with Crippen LogP contribution in [0.25, 0.3) is 0 Å². The van der Waals surface area contributed by atoms with Crippen molar-refractivity contribution in [2.75, 3.05) is 11.9 Å². The average molecular weight is 351 g/mol. The van der Waals surface area contributed by atoms with E-state index in [0.29, 0.717) is 11.3 Å². The van der Waals surface area contributed by atoms with Gasteiger partial charge in [-0.05, 0) is 44.0 Å². The van der Waals surface area contributed by atoms with Crippen molar-refractivity contribution in [3.05, 3.63) is 59.2 Å². The third-order valence-electron chi connectivity index (χ3n) is 3.85. The highest BCUT2D eigenvalue weighted by Crippen LogP contribution is 2.19. The fourth-order valence-electron chi connectivity index (χ4n) is 2.41. The van der Waals surface area contributed by atoms with Crippen molar-refractivity contribution in [2.24, 2.45) is 0 Å². The molecule has 0 aromatic heterocycles. The van der Waals surface area contributed by atoms with Gasteiger partial charge >= 0.3 is 0 Å². The first-order chi connectivity index (χ1) is 12.4. The maximum atomic E-state index is 12.1. The Balaban J connectivity index is 1.89. The Morgan fingerprint density at radius 3 is 2.42 bits per heavy atom. The van der Waals surface area contributed by atoms with Crippen molar-refractivity contribution >= 4 is 17.5 Å². The van der Waals surface area contributed by atoms with E-state index in [0.717, 1.165) is 16.8 Å². The van der Waals surface area contributed by atoms with Crippen LogP contribution in [0.2, 0.25) is 0 Å². The molecule has 0 aliphatic carbocycles. The van der Waals surface area contributed by atoms with Gasteiger partial charge in [-0.25, -0.2) is 0 Å². The smallest absolute Gasteiger partial charge is 0.261 e. The molecule has 2 amide bonds. The summed E-state index contributed by atoms with van der Waals surface area (Å²) >= 11 is 0. The van der Waals surface area contributed by atoms with Crippen molar-refractivity contribution in [1.29, 1.82) is 5.26 Å². The Hall–Kier alpha value is -3.33. The van der Waals surface area contributed by atoms with Crippen LogP contribution in [0, 0.1) is 25.2 Å². The summed E-state index contributed by atoms with van der Waals surface area (Å²) in [4.78, 5) is 24.2. The molecule has 2 aromatic rings. The van der Waals surface area contributed by atoms with E-state index in [4.69, 9.17) is 10.00 Å². The highest BCUT2D eigenvalue weighted by atomic mass is 16.5. The summed E-state index contributed by atoms with van der Waals surface area (Å²) in [6.07, 6.45) is -0.836. The molecule has 26 heavy (non-hydrogen) atoms. The second kappa shape index (κ2) is 8.67. The molecular weight excluding hydrogens is 330 g/mol. The summed E-state index contributed by atoms with van der Waals surface area (Å²) in [5.41, 5.74) is 3.00. The van der Waals surface area contributed by atoms with E-state index < -0.39 is 12.0 Å². The number of anilines is 1. The number of ether oxygens (including phenoxy) is 1. The quantitative estimate of drug-likeness (QED) is 0.837. The number of nitrogens with one attached hydrogen (secondary N) is 2. The van der Waals surface area contributed by atoms with Crippen molar-refractivity contribution in [2.45, 2.75) is 26.9 Å². The lowest BCUT2D eigenvalue weighted by molar-refractivity contribution is -0.129. The number of hydrogen-bond acceptors (Lipinski definition) is 4. The molecule has 134 valence electrons. The number of aryl methyl sites for hydroxylation is 2. The summed E-state index contributed by atoms with van der Waals surface area (Å²) in [7, 11) is 0. The SMILES string of the molecule is Cc1cccc(C)c1NC(=O)CNC(=O)C(C)Oc1ccccc1C#N. The first kappa shape index (κ1) is 19.0. The molecule has 0 fully saturated rings. The molecular formula is C20H21N3O3. The molecule has 0 heterocycles. The van der Waals surface area contributed by atoms with Crippen LogP contribution in [0.1, 0.15) is 23.6 Å². The minimum Gasteiger partial charge on any atom is -0.480 e. The Morgan fingerprint density at radius 2 is 1.77 bits per heavy atom. The monoisotopic (exact) mass is 351 g/mol. The van der Waals surface area contributed by atoms with Crippen LogP contribution in [-0.4, -0.2) is 24.5 Å². The van der Waals surface area contributed by atoms with E-state index in [1.807, 2.05) is 38.1 Å². The molecule has 2 N–H and O–H groups in total. The number of amides is 2. The topological polar surface area (TPSA) is 91.2 Å². The van der Waals surface area contributed by atoms with E-state index >= 15 is 0 Å². The number of para-hydroxylation sites is 2. The van der Waals surface area contributed by atoms with Crippen LogP contribution in [-0.2, 0) is 9.59 Å². The van der Waals surface area contributed by atoms with E-state index in [1.54, 1.807) is 31.2 Å². The molecule has 0 saturated carbocycles. The van der Waals surface area contributed by atoms with Gasteiger partial charge in [-0.1, -0.05) is 30.3 Å². The van der Waals surface area contributed by atoms with Crippen LogP contribution in [0.15, 0.2) is 42.5 Å². The fraction of sp³-hybridized carbons (Fsp3) is 0.250. The molecule has 2 rings (SSSR count). The van der Waals surface area contributed by atoms with Crippen molar-refractivity contribution in [3.63, 3.8) is 0 Å². The standard InChI is InChI=1S/C20H21N3O3/c1-13-7-6-8-14(2)19(13)23-18(24)12-22-20(25)15(3)26-17-10-5-4-9-16(17)11-21/h4-10,15H,12H2,1-3H3,(H,22,25)(H,23,24). The third kappa shape index (κ3) is 4.84. The van der Waals surface area contributed by atoms with Crippen LogP contribution >= 0.6 is 0 Å². The van der Waals surface area contributed by atoms with Crippen molar-refractivity contribution in [3.8, 4) is 11.8 Å². The number of nitrogens with zero attached hydrogens (tertiary/aromatic N) is 1. The molecule has 1 unspecified atom stereocenters. The molecule has 0 aliphatic rings. The lowest BCUT2D eigenvalue weighted by Gasteiger charge is -2.16. The van der Waals surface area contributed by atoms with Gasteiger partial charge in [0.2, 0.25) is 5.91 Å². The number of nitriles is 1. The van der Waals surface area contributed by atoms with E-state index in [9.17, 15) is 9.59 Å². The summed E-state index contributed by atoms with van der Waals surface area (Å²) in [6.45, 7) is 5.21. The first-order valence-corrected chi connectivity index (χ1v) is 8.22. The van der Waals surface area contributed by atoms with Crippen LogP contribution in [0.4, 0.5) is 5.69 Å². The van der Waals surface area contributed by atoms with Gasteiger partial charge in [-0.15, -0.1) is 0 Å². The predicted octanol–water partition coefficient (Wildman–Crippen LogP) is 2.70. The fourth-order valence-corrected chi connectivity index (χ4v) is 2.41. The molecule has 0 saturated heterocycles. The number of rotatable bonds is 6. The third-order valence-corrected chi connectivity index (χ3v) is 3.85. The van der Waals surface area contributed by atoms with Gasteiger partial charge in [0.1, 0.15) is 11.8 Å². The number of benzene rings is 2. The Bertz CT molecular complexity index is 835. The lowest BCUT2D eigenvalue weighted by Crippen LogP contribution is -2.40. The minimum absolute atomic E-state index is 0.166. The molecule has 0 spiro atoms. The second-order valence-electron chi connectivity index (χ2n) is 5.90. The summed E-state index contributed by atoms with van der Waals surface area (Å²) in [5, 5.41) is 14.4. The molecule has 0 radical (unpaired) electrons. The van der Waals surface area contributed by atoms with Gasteiger partial charge in [0.05, 0.1) is 12.1 Å². The van der Waals surface area contributed by atoms with E-state index in [-0.39, 0.29) is 12.5 Å². The highest BCUT2D eigenvalue weighted by molar-refractivity contribution is 5.96.